The summed E-state index contributed by atoms with van der Waals surface area (Å²) in [5, 5.41) is 3.45. The van der Waals surface area contributed by atoms with Gasteiger partial charge in [-0.05, 0) is 36.1 Å². The van der Waals surface area contributed by atoms with Crippen molar-refractivity contribution in [3.8, 4) is 0 Å². The van der Waals surface area contributed by atoms with Crippen molar-refractivity contribution in [2.45, 2.75) is 25.3 Å². The van der Waals surface area contributed by atoms with Crippen molar-refractivity contribution in [2.24, 2.45) is 5.92 Å². The third-order valence-electron chi connectivity index (χ3n) is 4.16. The lowest BCUT2D eigenvalue weighted by molar-refractivity contribution is 0.160. The molecule has 0 radical (unpaired) electrons. The van der Waals surface area contributed by atoms with E-state index in [1.807, 2.05) is 0 Å². The largest absolute Gasteiger partial charge is 0.314 e. The average molecular weight is 388 g/mol. The summed E-state index contributed by atoms with van der Waals surface area (Å²) in [7, 11) is 0. The zero-order valence-corrected chi connectivity index (χ0v) is 14.2. The molecule has 0 bridgehead atoms. The van der Waals surface area contributed by atoms with E-state index < -0.39 is 0 Å². The number of piperazine rings is 1. The van der Waals surface area contributed by atoms with Crippen LogP contribution in [0.1, 0.15) is 30.9 Å². The Labute approximate surface area is 132 Å². The Kier molecular flexibility index (Phi) is 4.62. The SMILES string of the molecule is Brc1ccc(Br)c([C@@H](CC2CC2)N2CCNCC2)c1. The molecule has 1 aromatic rings. The van der Waals surface area contributed by atoms with Crippen molar-refractivity contribution >= 4 is 31.9 Å². The molecule has 0 aromatic heterocycles. The van der Waals surface area contributed by atoms with E-state index in [0.717, 1.165) is 32.1 Å². The molecule has 2 nitrogen and oxygen atoms in total. The second kappa shape index (κ2) is 6.25. The van der Waals surface area contributed by atoms with E-state index in [1.165, 1.54) is 33.8 Å². The molecule has 3 rings (SSSR count). The highest BCUT2D eigenvalue weighted by Crippen LogP contribution is 2.42. The Hall–Kier alpha value is 0.1000. The topological polar surface area (TPSA) is 15.3 Å². The highest BCUT2D eigenvalue weighted by Gasteiger charge is 2.31. The van der Waals surface area contributed by atoms with Gasteiger partial charge in [0, 0.05) is 41.2 Å². The minimum absolute atomic E-state index is 0.571. The van der Waals surface area contributed by atoms with Crippen LogP contribution in [0.15, 0.2) is 27.1 Å². The monoisotopic (exact) mass is 386 g/mol. The van der Waals surface area contributed by atoms with E-state index >= 15 is 0 Å². The van der Waals surface area contributed by atoms with Crippen molar-refractivity contribution in [3.05, 3.63) is 32.7 Å². The Morgan fingerprint density at radius 1 is 1.21 bits per heavy atom. The van der Waals surface area contributed by atoms with Crippen molar-refractivity contribution in [3.63, 3.8) is 0 Å². The Bertz CT molecular complexity index is 440. The maximum Gasteiger partial charge on any atom is 0.0363 e. The van der Waals surface area contributed by atoms with Gasteiger partial charge in [-0.25, -0.2) is 0 Å². The second-order valence-electron chi connectivity index (χ2n) is 5.65. The van der Waals surface area contributed by atoms with E-state index in [2.05, 4.69) is 60.3 Å². The number of nitrogens with one attached hydrogen (secondary N) is 1. The van der Waals surface area contributed by atoms with Gasteiger partial charge in [0.05, 0.1) is 0 Å². The number of rotatable bonds is 4. The van der Waals surface area contributed by atoms with Crippen LogP contribution < -0.4 is 5.32 Å². The molecule has 104 valence electrons. The Balaban J connectivity index is 1.85. The van der Waals surface area contributed by atoms with Crippen molar-refractivity contribution in [1.29, 1.82) is 0 Å². The van der Waals surface area contributed by atoms with Crippen LogP contribution >= 0.6 is 31.9 Å². The quantitative estimate of drug-likeness (QED) is 0.841. The number of benzene rings is 1. The van der Waals surface area contributed by atoms with Crippen LogP contribution in [0.4, 0.5) is 0 Å². The standard InChI is InChI=1S/C15H20Br2N2/c16-12-3-4-14(17)13(10-12)15(9-11-1-2-11)19-7-5-18-6-8-19/h3-4,10-11,15,18H,1-2,5-9H2/t15-/m1/s1. The van der Waals surface area contributed by atoms with Gasteiger partial charge in [0.2, 0.25) is 0 Å². The lowest BCUT2D eigenvalue weighted by atomic mass is 9.99. The van der Waals surface area contributed by atoms with E-state index in [-0.39, 0.29) is 0 Å². The molecule has 0 spiro atoms. The molecule has 1 heterocycles. The Morgan fingerprint density at radius 2 is 1.95 bits per heavy atom. The summed E-state index contributed by atoms with van der Waals surface area (Å²) in [4.78, 5) is 2.65. The van der Waals surface area contributed by atoms with Gasteiger partial charge in [0.1, 0.15) is 0 Å². The summed E-state index contributed by atoms with van der Waals surface area (Å²) in [5.74, 6) is 0.950. The van der Waals surface area contributed by atoms with E-state index in [9.17, 15) is 0 Å². The van der Waals surface area contributed by atoms with Gasteiger partial charge in [-0.1, -0.05) is 44.7 Å². The summed E-state index contributed by atoms with van der Waals surface area (Å²) < 4.78 is 2.43. The minimum atomic E-state index is 0.571. The third kappa shape index (κ3) is 3.60. The molecule has 4 heteroatoms. The lowest BCUT2D eigenvalue weighted by Gasteiger charge is -2.36. The number of nitrogens with zero attached hydrogens (tertiary/aromatic N) is 1. The summed E-state index contributed by atoms with van der Waals surface area (Å²) in [6.45, 7) is 4.56. The van der Waals surface area contributed by atoms with Crippen molar-refractivity contribution in [1.82, 2.24) is 10.2 Å². The van der Waals surface area contributed by atoms with Crippen LogP contribution in [0.25, 0.3) is 0 Å². The van der Waals surface area contributed by atoms with Crippen LogP contribution in [0, 0.1) is 5.92 Å². The van der Waals surface area contributed by atoms with Gasteiger partial charge in [-0.15, -0.1) is 0 Å². The molecule has 1 aromatic carbocycles. The maximum atomic E-state index is 3.74. The molecule has 1 atom stereocenters. The van der Waals surface area contributed by atoms with E-state index in [4.69, 9.17) is 0 Å². The molecule has 1 saturated carbocycles. The molecule has 1 saturated heterocycles. The van der Waals surface area contributed by atoms with Crippen molar-refractivity contribution < 1.29 is 0 Å². The van der Waals surface area contributed by atoms with E-state index in [1.54, 1.807) is 0 Å². The maximum absolute atomic E-state index is 3.74. The predicted molar refractivity (Wildman–Crippen MR) is 86.4 cm³/mol. The summed E-state index contributed by atoms with van der Waals surface area (Å²) >= 11 is 7.36. The third-order valence-corrected chi connectivity index (χ3v) is 5.38. The summed E-state index contributed by atoms with van der Waals surface area (Å²) in [6, 6.07) is 7.14. The van der Waals surface area contributed by atoms with Gasteiger partial charge in [0.15, 0.2) is 0 Å². The molecule has 2 fully saturated rings. The highest BCUT2D eigenvalue weighted by molar-refractivity contribution is 9.11. The molecular weight excluding hydrogens is 368 g/mol. The van der Waals surface area contributed by atoms with Crippen molar-refractivity contribution in [2.75, 3.05) is 26.2 Å². The lowest BCUT2D eigenvalue weighted by Crippen LogP contribution is -2.45. The van der Waals surface area contributed by atoms with Gasteiger partial charge in [-0.2, -0.15) is 0 Å². The van der Waals surface area contributed by atoms with Gasteiger partial charge >= 0.3 is 0 Å². The summed E-state index contributed by atoms with van der Waals surface area (Å²) in [5.41, 5.74) is 1.45. The molecular formula is C15H20Br2N2. The van der Waals surface area contributed by atoms with Crippen LogP contribution in [-0.2, 0) is 0 Å². The normalized spacial score (nSPS) is 22.4. The zero-order valence-electron chi connectivity index (χ0n) is 11.0. The zero-order chi connectivity index (χ0) is 13.2. The molecule has 0 amide bonds. The van der Waals surface area contributed by atoms with Gasteiger partial charge < -0.3 is 5.32 Å². The second-order valence-corrected chi connectivity index (χ2v) is 7.42. The molecule has 1 N–H and O–H groups in total. The number of halogens is 2. The highest BCUT2D eigenvalue weighted by atomic mass is 79.9. The first-order chi connectivity index (χ1) is 9.24. The molecule has 2 aliphatic rings. The molecule has 19 heavy (non-hydrogen) atoms. The fourth-order valence-electron chi connectivity index (χ4n) is 2.91. The predicted octanol–water partition coefficient (Wildman–Crippen LogP) is 3.96. The minimum Gasteiger partial charge on any atom is -0.314 e. The fourth-order valence-corrected chi connectivity index (χ4v) is 3.80. The molecule has 0 unspecified atom stereocenters. The van der Waals surface area contributed by atoms with Crippen LogP contribution in [0.5, 0.6) is 0 Å². The number of hydrogen-bond acceptors (Lipinski definition) is 2. The van der Waals surface area contributed by atoms with Crippen LogP contribution in [-0.4, -0.2) is 31.1 Å². The first kappa shape index (κ1) is 14.1. The Morgan fingerprint density at radius 3 is 2.63 bits per heavy atom. The molecule has 1 aliphatic carbocycles. The van der Waals surface area contributed by atoms with Crippen LogP contribution in [0.2, 0.25) is 0 Å². The first-order valence-corrected chi connectivity index (χ1v) is 8.72. The fraction of sp³-hybridized carbons (Fsp3) is 0.600. The first-order valence-electron chi connectivity index (χ1n) is 7.14. The smallest absolute Gasteiger partial charge is 0.0363 e. The molecule has 1 aliphatic heterocycles. The summed E-state index contributed by atoms with van der Waals surface area (Å²) in [6.07, 6.45) is 4.16. The number of hydrogen-bond donors (Lipinski definition) is 1. The average Bonchev–Trinajstić information content (AvgIpc) is 3.24. The van der Waals surface area contributed by atoms with E-state index in [0.29, 0.717) is 6.04 Å². The van der Waals surface area contributed by atoms with Gasteiger partial charge in [-0.3, -0.25) is 4.90 Å². The van der Waals surface area contributed by atoms with Gasteiger partial charge in [0.25, 0.3) is 0 Å². The van der Waals surface area contributed by atoms with Crippen LogP contribution in [0.3, 0.4) is 0 Å².